The molecular formula is C36H50N2O10. The molecule has 5 saturated heterocycles. The average molecular weight is 671 g/mol. The number of cyclic esters (lactones) is 2. The van der Waals surface area contributed by atoms with Crippen molar-refractivity contribution >= 4 is 17.7 Å². The zero-order valence-electron chi connectivity index (χ0n) is 28.4. The fourth-order valence-corrected chi connectivity index (χ4v) is 11.9. The fourth-order valence-electron chi connectivity index (χ4n) is 11.9. The van der Waals surface area contributed by atoms with Crippen LogP contribution in [-0.2, 0) is 39.8 Å². The summed E-state index contributed by atoms with van der Waals surface area (Å²) in [4.78, 5) is 40.8. The van der Waals surface area contributed by atoms with Gasteiger partial charge in [-0.25, -0.2) is 4.79 Å². The van der Waals surface area contributed by atoms with E-state index in [0.29, 0.717) is 31.1 Å². The van der Waals surface area contributed by atoms with E-state index in [4.69, 9.17) is 23.4 Å². The number of ether oxygens (including phenoxy) is 4. The first-order valence-electron chi connectivity index (χ1n) is 17.9. The molecule has 7 aliphatic rings. The molecule has 12 atom stereocenters. The van der Waals surface area contributed by atoms with Crippen LogP contribution in [0.3, 0.4) is 0 Å². The lowest BCUT2D eigenvalue weighted by atomic mass is 9.36. The minimum Gasteiger partial charge on any atom is -0.469 e. The van der Waals surface area contributed by atoms with Gasteiger partial charge in [0.2, 0.25) is 0 Å². The second kappa shape index (κ2) is 11.1. The minimum atomic E-state index is -1.42. The Morgan fingerprint density at radius 2 is 1.90 bits per heavy atom. The number of rotatable bonds is 9. The summed E-state index contributed by atoms with van der Waals surface area (Å²) in [5.41, 5.74) is -4.23. The summed E-state index contributed by atoms with van der Waals surface area (Å²) >= 11 is 0. The molecule has 12 heteroatoms. The molecule has 0 unspecified atom stereocenters. The van der Waals surface area contributed by atoms with Crippen LogP contribution in [0.15, 0.2) is 16.7 Å². The summed E-state index contributed by atoms with van der Waals surface area (Å²) in [6.07, 6.45) is 3.62. The van der Waals surface area contributed by atoms with Crippen molar-refractivity contribution in [3.8, 4) is 0 Å². The van der Waals surface area contributed by atoms with Gasteiger partial charge in [0.05, 0.1) is 30.3 Å². The van der Waals surface area contributed by atoms with Gasteiger partial charge in [-0.15, -0.1) is 0 Å². The number of ketones is 1. The van der Waals surface area contributed by atoms with Gasteiger partial charge in [0.15, 0.2) is 11.9 Å². The molecule has 12 nitrogen and oxygen atoms in total. The molecule has 0 amide bonds. The summed E-state index contributed by atoms with van der Waals surface area (Å²) < 4.78 is 31.0. The van der Waals surface area contributed by atoms with Gasteiger partial charge in [-0.3, -0.25) is 9.59 Å². The van der Waals surface area contributed by atoms with Gasteiger partial charge in [-0.05, 0) is 57.4 Å². The van der Waals surface area contributed by atoms with Crippen LogP contribution in [0.25, 0.3) is 0 Å². The molecule has 2 spiro atoms. The van der Waals surface area contributed by atoms with Crippen LogP contribution in [0.1, 0.15) is 90.1 Å². The van der Waals surface area contributed by atoms with Crippen LogP contribution in [0.4, 0.5) is 0 Å². The highest BCUT2D eigenvalue weighted by Crippen LogP contribution is 2.80. The predicted molar refractivity (Wildman–Crippen MR) is 168 cm³/mol. The summed E-state index contributed by atoms with van der Waals surface area (Å²) in [6, 6.07) is 2.33. The van der Waals surface area contributed by atoms with Crippen molar-refractivity contribution < 1.29 is 48.0 Å². The molecule has 0 radical (unpaired) electrons. The highest BCUT2D eigenvalue weighted by Gasteiger charge is 2.90. The van der Waals surface area contributed by atoms with Crippen LogP contribution in [0.2, 0.25) is 0 Å². The third kappa shape index (κ3) is 4.19. The monoisotopic (exact) mass is 670 g/mol. The van der Waals surface area contributed by atoms with Gasteiger partial charge in [0, 0.05) is 54.1 Å². The van der Waals surface area contributed by atoms with Gasteiger partial charge in [0.25, 0.3) is 0 Å². The summed E-state index contributed by atoms with van der Waals surface area (Å²) in [6.45, 7) is 9.53. The number of Topliss-reactive ketones (excluding diaryl/α,β-unsaturated/α-hetero) is 1. The van der Waals surface area contributed by atoms with Crippen LogP contribution in [0, 0.1) is 34.0 Å². The number of epoxide rings is 1. The van der Waals surface area contributed by atoms with Gasteiger partial charge >= 0.3 is 11.9 Å². The zero-order chi connectivity index (χ0) is 33.9. The standard InChI is InChI=1S/C36H50N2O10/c1-32(2)27-26(41)28(42)34(4)23(35(27)17-45-25(40)14-24(35)47-32)9-11-33(3)29(46-31(43)30-36(33,34)48-30)21-10-12-44-22(21)13-19(16-39)7-5-6-8-20-15-37-18-38-20/h10,12,19-20,23-24,27-30,37-39,42H,5-9,11,13-18H2,1-4H3/t19-,20-,23+,24+,27-,28-,29+,30-,33+,34+,35+,36-/m1/s1. The number of aliphatic hydroxyl groups is 2. The van der Waals surface area contributed by atoms with E-state index in [0.717, 1.165) is 44.5 Å². The Morgan fingerprint density at radius 3 is 2.65 bits per heavy atom. The Balaban J connectivity index is 1.11. The molecule has 8 rings (SSSR count). The van der Waals surface area contributed by atoms with Crippen molar-refractivity contribution in [1.82, 2.24) is 10.6 Å². The molecule has 2 saturated carbocycles. The molecule has 4 N–H and O–H groups in total. The second-order valence-corrected chi connectivity index (χ2v) is 16.6. The SMILES string of the molecule is CC1(C)O[C@H]2CC(=O)OC[C@@]23[C@@H]1C(=O)[C@@H](O)[C@]1(C)[C@@H]3CC[C@@]2(C)[C@H](c3ccoc3C[C@H](CO)CCCC[C@@H]3CNCN3)OC(=O)[C@H]3O[C@@]312. The highest BCUT2D eigenvalue weighted by atomic mass is 16.7. The number of carbonyl (C=O) groups is 3. The van der Waals surface area contributed by atoms with Crippen LogP contribution < -0.4 is 10.6 Å². The number of aliphatic hydroxyl groups excluding tert-OH is 2. The first kappa shape index (κ1) is 32.8. The molecule has 0 aromatic carbocycles. The van der Waals surface area contributed by atoms with Crippen molar-refractivity contribution in [2.45, 2.75) is 121 Å². The van der Waals surface area contributed by atoms with Gasteiger partial charge < -0.3 is 44.2 Å². The van der Waals surface area contributed by atoms with E-state index in [1.165, 1.54) is 0 Å². The smallest absolute Gasteiger partial charge is 0.339 e. The van der Waals surface area contributed by atoms with Crippen molar-refractivity contribution in [1.29, 1.82) is 0 Å². The maximum atomic E-state index is 14.4. The van der Waals surface area contributed by atoms with E-state index in [9.17, 15) is 24.6 Å². The predicted octanol–water partition coefficient (Wildman–Crippen LogP) is 2.34. The first-order valence-corrected chi connectivity index (χ1v) is 17.9. The Hall–Kier alpha value is -2.35. The number of fused-ring (bicyclic) bond motifs is 1. The molecule has 0 bridgehead atoms. The average Bonchev–Trinajstić information content (AvgIpc) is 3.29. The highest BCUT2D eigenvalue weighted by molar-refractivity contribution is 5.92. The molecule has 1 aromatic rings. The largest absolute Gasteiger partial charge is 0.469 e. The number of furan rings is 1. The van der Waals surface area contributed by atoms with E-state index in [1.54, 1.807) is 6.26 Å². The van der Waals surface area contributed by atoms with E-state index >= 15 is 0 Å². The Kier molecular flexibility index (Phi) is 7.57. The lowest BCUT2D eigenvalue weighted by Crippen LogP contribution is -2.76. The number of hydrogen-bond acceptors (Lipinski definition) is 12. The minimum absolute atomic E-state index is 0.0156. The van der Waals surface area contributed by atoms with E-state index in [2.05, 4.69) is 10.6 Å². The van der Waals surface area contributed by atoms with Crippen LogP contribution >= 0.6 is 0 Å². The Labute approximate surface area is 280 Å². The number of hydrogen-bond donors (Lipinski definition) is 4. The first-order chi connectivity index (χ1) is 22.8. The third-order valence-electron chi connectivity index (χ3n) is 14.0. The summed E-state index contributed by atoms with van der Waals surface area (Å²) in [5, 5.41) is 29.3. The number of nitrogens with one attached hydrogen (secondary N) is 2. The van der Waals surface area contributed by atoms with Crippen molar-refractivity contribution in [2.75, 3.05) is 26.4 Å². The molecule has 264 valence electrons. The van der Waals surface area contributed by atoms with Gasteiger partial charge in [-0.2, -0.15) is 0 Å². The molecule has 48 heavy (non-hydrogen) atoms. The topological polar surface area (TPSA) is 169 Å². The lowest BCUT2D eigenvalue weighted by Gasteiger charge is -2.66. The maximum Gasteiger partial charge on any atom is 0.339 e. The number of unbranched alkanes of at least 4 members (excludes halogenated alkanes) is 1. The molecule has 6 heterocycles. The fraction of sp³-hybridized carbons (Fsp3) is 0.806. The van der Waals surface area contributed by atoms with Gasteiger partial charge in [0.1, 0.15) is 30.2 Å². The molecule has 5 aliphatic heterocycles. The van der Waals surface area contributed by atoms with Crippen LogP contribution in [-0.4, -0.2) is 89.9 Å². The normalized spacial score (nSPS) is 46.0. The summed E-state index contributed by atoms with van der Waals surface area (Å²) in [5.74, 6) is -1.59. The third-order valence-corrected chi connectivity index (χ3v) is 14.0. The van der Waals surface area contributed by atoms with E-state index < -0.39 is 63.8 Å². The van der Waals surface area contributed by atoms with Crippen LogP contribution in [0.5, 0.6) is 0 Å². The van der Waals surface area contributed by atoms with E-state index in [1.807, 2.05) is 33.8 Å². The summed E-state index contributed by atoms with van der Waals surface area (Å²) in [7, 11) is 0. The molecule has 1 aromatic heterocycles. The lowest BCUT2D eigenvalue weighted by molar-refractivity contribution is -0.252. The Bertz CT molecular complexity index is 1490. The maximum absolute atomic E-state index is 14.4. The zero-order valence-corrected chi connectivity index (χ0v) is 28.4. The molecule has 7 fully saturated rings. The van der Waals surface area contributed by atoms with Crippen molar-refractivity contribution in [3.05, 3.63) is 23.7 Å². The second-order valence-electron chi connectivity index (χ2n) is 16.6. The quantitative estimate of drug-likeness (QED) is 0.172. The van der Waals surface area contributed by atoms with Crippen molar-refractivity contribution in [2.24, 2.45) is 34.0 Å². The molecular weight excluding hydrogens is 620 g/mol. The van der Waals surface area contributed by atoms with E-state index in [-0.39, 0.29) is 43.2 Å². The number of esters is 2. The number of carbonyl (C=O) groups excluding carboxylic acids is 3. The van der Waals surface area contributed by atoms with Crippen molar-refractivity contribution in [3.63, 3.8) is 0 Å². The molecule has 2 aliphatic carbocycles. The Morgan fingerprint density at radius 1 is 1.08 bits per heavy atom. The van der Waals surface area contributed by atoms with Gasteiger partial charge in [-0.1, -0.05) is 26.7 Å².